The van der Waals surface area contributed by atoms with Crippen molar-refractivity contribution in [3.05, 3.63) is 0 Å². The molecule has 0 aromatic rings. The minimum Gasteiger partial charge on any atom is -0.377 e. The van der Waals surface area contributed by atoms with Gasteiger partial charge < -0.3 is 15.4 Å². The summed E-state index contributed by atoms with van der Waals surface area (Å²) in [6, 6.07) is 0.372. The van der Waals surface area contributed by atoms with E-state index >= 15 is 0 Å². The van der Waals surface area contributed by atoms with Crippen molar-refractivity contribution in [2.24, 2.45) is 5.73 Å². The van der Waals surface area contributed by atoms with Crippen LogP contribution >= 0.6 is 0 Å². The Hall–Kier alpha value is -0.120. The van der Waals surface area contributed by atoms with Gasteiger partial charge in [0.15, 0.2) is 0 Å². The second-order valence-electron chi connectivity index (χ2n) is 4.89. The quantitative estimate of drug-likeness (QED) is 0.724. The number of likely N-dealkylation sites (tertiary alicyclic amines) is 1. The molecular formula is C13H28N2O. The van der Waals surface area contributed by atoms with E-state index in [0.29, 0.717) is 12.1 Å². The Balaban J connectivity index is 2.17. The summed E-state index contributed by atoms with van der Waals surface area (Å²) in [5, 5.41) is 0. The lowest BCUT2D eigenvalue weighted by Gasteiger charge is -2.33. The third-order valence-electron chi connectivity index (χ3n) is 3.36. The standard InChI is InChI=1S/C13H28N2O/c1-3-10-16-13-6-5-8-15(11-13)9-7-12(14)4-2/h12-13H,3-11,14H2,1-2H3. The molecule has 0 saturated carbocycles. The van der Waals surface area contributed by atoms with Gasteiger partial charge in [0.05, 0.1) is 6.10 Å². The Bertz CT molecular complexity index is 175. The van der Waals surface area contributed by atoms with Gasteiger partial charge in [-0.3, -0.25) is 0 Å². The molecule has 1 fully saturated rings. The number of hydrogen-bond acceptors (Lipinski definition) is 3. The van der Waals surface area contributed by atoms with E-state index in [1.54, 1.807) is 0 Å². The zero-order valence-electron chi connectivity index (χ0n) is 11.0. The molecule has 1 saturated heterocycles. The molecular weight excluding hydrogens is 200 g/mol. The van der Waals surface area contributed by atoms with E-state index in [2.05, 4.69) is 18.7 Å². The van der Waals surface area contributed by atoms with Crippen molar-refractivity contribution < 1.29 is 4.74 Å². The predicted molar refractivity (Wildman–Crippen MR) is 68.6 cm³/mol. The van der Waals surface area contributed by atoms with Crippen LogP contribution in [-0.2, 0) is 4.74 Å². The van der Waals surface area contributed by atoms with Crippen molar-refractivity contribution in [3.63, 3.8) is 0 Å². The van der Waals surface area contributed by atoms with Crippen LogP contribution in [0.1, 0.15) is 46.0 Å². The van der Waals surface area contributed by atoms with Gasteiger partial charge in [-0.05, 0) is 45.2 Å². The highest BCUT2D eigenvalue weighted by Gasteiger charge is 2.20. The van der Waals surface area contributed by atoms with Crippen LogP contribution in [0, 0.1) is 0 Å². The maximum Gasteiger partial charge on any atom is 0.0702 e. The number of nitrogens with zero attached hydrogens (tertiary/aromatic N) is 1. The van der Waals surface area contributed by atoms with Crippen LogP contribution < -0.4 is 5.73 Å². The van der Waals surface area contributed by atoms with Crippen molar-refractivity contribution >= 4 is 0 Å². The van der Waals surface area contributed by atoms with Gasteiger partial charge in [-0.2, -0.15) is 0 Å². The van der Waals surface area contributed by atoms with Crippen LogP contribution in [0.5, 0.6) is 0 Å². The molecule has 16 heavy (non-hydrogen) atoms. The molecule has 1 aliphatic rings. The lowest BCUT2D eigenvalue weighted by Crippen LogP contribution is -2.41. The predicted octanol–water partition coefficient (Wildman–Crippen LogP) is 2.00. The lowest BCUT2D eigenvalue weighted by atomic mass is 10.1. The van der Waals surface area contributed by atoms with E-state index < -0.39 is 0 Å². The molecule has 0 aromatic heterocycles. The van der Waals surface area contributed by atoms with Crippen LogP contribution in [0.25, 0.3) is 0 Å². The first-order chi connectivity index (χ1) is 7.76. The van der Waals surface area contributed by atoms with Crippen molar-refractivity contribution in [1.82, 2.24) is 4.90 Å². The van der Waals surface area contributed by atoms with E-state index in [0.717, 1.165) is 39.0 Å². The minimum atomic E-state index is 0.372. The summed E-state index contributed by atoms with van der Waals surface area (Å²) < 4.78 is 5.82. The maximum atomic E-state index is 5.95. The third-order valence-corrected chi connectivity index (χ3v) is 3.36. The minimum absolute atomic E-state index is 0.372. The molecule has 0 aromatic carbocycles. The number of piperidine rings is 1. The molecule has 0 aliphatic carbocycles. The molecule has 1 heterocycles. The van der Waals surface area contributed by atoms with Crippen molar-refractivity contribution in [1.29, 1.82) is 0 Å². The second kappa shape index (κ2) is 8.04. The van der Waals surface area contributed by atoms with Gasteiger partial charge >= 0.3 is 0 Å². The molecule has 0 spiro atoms. The Morgan fingerprint density at radius 2 is 2.25 bits per heavy atom. The maximum absolute atomic E-state index is 5.95. The summed E-state index contributed by atoms with van der Waals surface area (Å²) in [4.78, 5) is 2.51. The average molecular weight is 228 g/mol. The SMILES string of the molecule is CCCOC1CCCN(CCC(N)CC)C1. The summed E-state index contributed by atoms with van der Waals surface area (Å²) in [7, 11) is 0. The first-order valence-corrected chi connectivity index (χ1v) is 6.85. The van der Waals surface area contributed by atoms with Crippen molar-refractivity contribution in [3.8, 4) is 0 Å². The Morgan fingerprint density at radius 1 is 1.44 bits per heavy atom. The summed E-state index contributed by atoms with van der Waals surface area (Å²) in [5.41, 5.74) is 5.95. The monoisotopic (exact) mass is 228 g/mol. The van der Waals surface area contributed by atoms with Gasteiger partial charge in [-0.1, -0.05) is 13.8 Å². The topological polar surface area (TPSA) is 38.5 Å². The largest absolute Gasteiger partial charge is 0.377 e. The Morgan fingerprint density at radius 3 is 2.94 bits per heavy atom. The number of rotatable bonds is 7. The van der Waals surface area contributed by atoms with Crippen LogP contribution in [0.2, 0.25) is 0 Å². The summed E-state index contributed by atoms with van der Waals surface area (Å²) >= 11 is 0. The van der Waals surface area contributed by atoms with Crippen molar-refractivity contribution in [2.75, 3.05) is 26.2 Å². The number of nitrogens with two attached hydrogens (primary N) is 1. The zero-order chi connectivity index (χ0) is 11.8. The molecule has 2 N–H and O–H groups in total. The van der Waals surface area contributed by atoms with Gasteiger partial charge in [-0.25, -0.2) is 0 Å². The number of hydrogen-bond donors (Lipinski definition) is 1. The first-order valence-electron chi connectivity index (χ1n) is 6.85. The van der Waals surface area contributed by atoms with E-state index in [9.17, 15) is 0 Å². The molecule has 2 atom stereocenters. The normalized spacial score (nSPS) is 24.6. The van der Waals surface area contributed by atoms with Crippen LogP contribution in [0.15, 0.2) is 0 Å². The summed E-state index contributed by atoms with van der Waals surface area (Å²) in [5.74, 6) is 0. The average Bonchev–Trinajstić information content (AvgIpc) is 2.34. The molecule has 1 aliphatic heterocycles. The molecule has 0 amide bonds. The van der Waals surface area contributed by atoms with Gasteiger partial charge in [0.2, 0.25) is 0 Å². The fourth-order valence-corrected chi connectivity index (χ4v) is 2.19. The molecule has 1 rings (SSSR count). The second-order valence-corrected chi connectivity index (χ2v) is 4.89. The summed E-state index contributed by atoms with van der Waals surface area (Å²) in [6.45, 7) is 8.71. The molecule has 0 bridgehead atoms. The Labute approximate surface area is 100 Å². The van der Waals surface area contributed by atoms with Crippen molar-refractivity contribution in [2.45, 2.75) is 58.1 Å². The van der Waals surface area contributed by atoms with Gasteiger partial charge in [-0.15, -0.1) is 0 Å². The highest BCUT2D eigenvalue weighted by molar-refractivity contribution is 4.74. The van der Waals surface area contributed by atoms with Crippen LogP contribution in [-0.4, -0.2) is 43.3 Å². The zero-order valence-corrected chi connectivity index (χ0v) is 11.0. The van der Waals surface area contributed by atoms with E-state index in [1.165, 1.54) is 19.4 Å². The first kappa shape index (κ1) is 13.9. The fraction of sp³-hybridized carbons (Fsp3) is 1.00. The molecule has 96 valence electrons. The lowest BCUT2D eigenvalue weighted by molar-refractivity contribution is -0.000630. The fourth-order valence-electron chi connectivity index (χ4n) is 2.19. The Kier molecular flexibility index (Phi) is 7.01. The van der Waals surface area contributed by atoms with Crippen LogP contribution in [0.3, 0.4) is 0 Å². The van der Waals surface area contributed by atoms with E-state index in [1.807, 2.05) is 0 Å². The molecule has 2 unspecified atom stereocenters. The highest BCUT2D eigenvalue weighted by atomic mass is 16.5. The van der Waals surface area contributed by atoms with Gasteiger partial charge in [0.1, 0.15) is 0 Å². The van der Waals surface area contributed by atoms with E-state index in [4.69, 9.17) is 10.5 Å². The third kappa shape index (κ3) is 5.28. The van der Waals surface area contributed by atoms with Gasteiger partial charge in [0, 0.05) is 19.2 Å². The molecule has 3 heteroatoms. The smallest absolute Gasteiger partial charge is 0.0702 e. The number of ether oxygens (including phenoxy) is 1. The van der Waals surface area contributed by atoms with Crippen LogP contribution in [0.4, 0.5) is 0 Å². The summed E-state index contributed by atoms with van der Waals surface area (Å²) in [6.07, 6.45) is 6.30. The molecule has 0 radical (unpaired) electrons. The molecule has 3 nitrogen and oxygen atoms in total. The van der Waals surface area contributed by atoms with Gasteiger partial charge in [0.25, 0.3) is 0 Å². The highest BCUT2D eigenvalue weighted by Crippen LogP contribution is 2.14. The van der Waals surface area contributed by atoms with E-state index in [-0.39, 0.29) is 0 Å².